The molecule has 210 valence electrons. The number of primary amides is 2. The lowest BCUT2D eigenvalue weighted by Crippen LogP contribution is -2.64. The summed E-state index contributed by atoms with van der Waals surface area (Å²) < 4.78 is -0.0894. The number of nitrogens with one attached hydrogen (secondary N) is 4. The van der Waals surface area contributed by atoms with Crippen LogP contribution in [0, 0.1) is 5.92 Å². The zero-order chi connectivity index (χ0) is 28.3. The molecule has 6 atom stereocenters. The molecule has 39 heavy (non-hydrogen) atoms. The number of carbonyl (C=O) groups excluding carboxylic acids is 4. The summed E-state index contributed by atoms with van der Waals surface area (Å²) in [4.78, 5) is 58.7. The van der Waals surface area contributed by atoms with Crippen molar-refractivity contribution in [2.45, 2.75) is 56.8 Å². The first-order valence-electron chi connectivity index (χ1n) is 13.2. The number of piperidine rings is 1. The first-order valence-corrected chi connectivity index (χ1v) is 13.2. The Hall–Kier alpha value is -4.13. The molecule has 0 bridgehead atoms. The van der Waals surface area contributed by atoms with E-state index < -0.39 is 36.0 Å². The Kier molecular flexibility index (Phi) is 8.09. The minimum Gasteiger partial charge on any atom is -0.370 e. The summed E-state index contributed by atoms with van der Waals surface area (Å²) in [7, 11) is 1.56. The number of benzene rings is 1. The molecule has 10 N–H and O–H groups in total. The molecular weight excluding hydrogens is 502 g/mol. The van der Waals surface area contributed by atoms with Crippen LogP contribution < -0.4 is 33.2 Å². The third-order valence-electron chi connectivity index (χ3n) is 8.06. The van der Waals surface area contributed by atoms with Crippen LogP contribution in [-0.2, 0) is 20.8 Å². The number of fused-ring (bicyclic) bond motifs is 2. The van der Waals surface area contributed by atoms with Gasteiger partial charge < -0.3 is 38.1 Å². The third-order valence-corrected chi connectivity index (χ3v) is 8.06. The molecule has 0 saturated carbocycles. The molecule has 0 aliphatic carbocycles. The first-order chi connectivity index (χ1) is 18.6. The highest BCUT2D eigenvalue weighted by molar-refractivity contribution is 5.92. The van der Waals surface area contributed by atoms with Gasteiger partial charge in [-0.15, -0.1) is 0 Å². The van der Waals surface area contributed by atoms with Crippen LogP contribution in [0.3, 0.4) is 0 Å². The number of hydrogen-bond acceptors (Lipinski definition) is 5. The summed E-state index contributed by atoms with van der Waals surface area (Å²) in [6.45, 7) is 2.93. The fraction of sp³-hybridized carbons (Fsp3) is 0.500. The number of urea groups is 1. The summed E-state index contributed by atoms with van der Waals surface area (Å²) >= 11 is 0. The van der Waals surface area contributed by atoms with Gasteiger partial charge in [0, 0.05) is 49.5 Å². The molecule has 13 nitrogen and oxygen atoms in total. The van der Waals surface area contributed by atoms with E-state index in [1.54, 1.807) is 13.2 Å². The number of guanidine groups is 1. The second-order valence-corrected chi connectivity index (χ2v) is 10.5. The number of nitrogens with two attached hydrogens (primary N) is 3. The standard InChI is InChI=1S/C26H37N9O4/c1-14-10-19(34-26(29)39)24(38)35(13-21(14)35)20(8-5-9-31-25(28)30-2)23(37)33-18(22(27)36)11-15-12-32-17-7-4-3-6-16(15)17/h3-4,6-7,12,14,18-21,32H,5,8-11,13H2,1-2H3,(H8-,27,28,29,30,31,33,34,36,37,39)/p+1/t14?,18-,19-,20-,21?,35?/m0/s1. The summed E-state index contributed by atoms with van der Waals surface area (Å²) in [5, 5.41) is 9.30. The minimum atomic E-state index is -0.978. The summed E-state index contributed by atoms with van der Waals surface area (Å²) in [6, 6.07) is 4.26. The van der Waals surface area contributed by atoms with Crippen LogP contribution >= 0.6 is 0 Å². The van der Waals surface area contributed by atoms with Gasteiger partial charge in [-0.1, -0.05) is 25.1 Å². The Balaban J connectivity index is 1.57. The summed E-state index contributed by atoms with van der Waals surface area (Å²) in [6.07, 6.45) is 3.31. The van der Waals surface area contributed by atoms with Crippen molar-refractivity contribution < 1.29 is 23.7 Å². The second kappa shape index (κ2) is 11.3. The number of hydrogen-bond donors (Lipinski definition) is 7. The quantitative estimate of drug-likeness (QED) is 0.0635. The van der Waals surface area contributed by atoms with Crippen molar-refractivity contribution >= 4 is 40.6 Å². The van der Waals surface area contributed by atoms with E-state index in [1.807, 2.05) is 31.2 Å². The molecule has 2 aliphatic heterocycles. The molecule has 2 aromatic rings. The summed E-state index contributed by atoms with van der Waals surface area (Å²) in [5.41, 5.74) is 18.6. The van der Waals surface area contributed by atoms with Gasteiger partial charge in [-0.3, -0.25) is 14.6 Å². The van der Waals surface area contributed by atoms with Gasteiger partial charge in [-0.25, -0.2) is 14.1 Å². The number of para-hydroxylation sites is 1. The maximum atomic E-state index is 13.9. The van der Waals surface area contributed by atoms with E-state index in [0.29, 0.717) is 32.4 Å². The maximum Gasteiger partial charge on any atom is 0.337 e. The lowest BCUT2D eigenvalue weighted by Gasteiger charge is -2.36. The predicted octanol–water partition coefficient (Wildman–Crippen LogP) is -0.834. The highest BCUT2D eigenvalue weighted by atomic mass is 16.2. The van der Waals surface area contributed by atoms with E-state index in [-0.39, 0.29) is 34.7 Å². The van der Waals surface area contributed by atoms with Crippen LogP contribution in [0.25, 0.3) is 10.9 Å². The molecule has 1 aromatic heterocycles. The van der Waals surface area contributed by atoms with Gasteiger partial charge >= 0.3 is 11.9 Å². The molecule has 3 heterocycles. The molecule has 5 amide bonds. The number of aliphatic imine (C=N–C) groups is 1. The molecule has 1 aromatic carbocycles. The number of rotatable bonds is 11. The number of aromatic nitrogens is 1. The number of H-pyrrole nitrogens is 1. The average Bonchev–Trinajstić information content (AvgIpc) is 3.54. The van der Waals surface area contributed by atoms with Crippen LogP contribution in [0.1, 0.15) is 31.7 Å². The number of aromatic amines is 1. The smallest absolute Gasteiger partial charge is 0.337 e. The van der Waals surface area contributed by atoms with E-state index in [4.69, 9.17) is 17.2 Å². The van der Waals surface area contributed by atoms with Crippen molar-refractivity contribution in [3.05, 3.63) is 36.0 Å². The Labute approximate surface area is 226 Å². The van der Waals surface area contributed by atoms with Crippen LogP contribution in [0.2, 0.25) is 0 Å². The molecule has 4 rings (SSSR count). The van der Waals surface area contributed by atoms with E-state index in [9.17, 15) is 19.2 Å². The SMILES string of the molecule is CN=C(N)NCCC[C@@H](C(=O)N[C@@H](Cc1c[nH]c2ccccc12)C(N)=O)[N+]12CC1C(C)C[C@H](NC(N)=O)C2=O. The van der Waals surface area contributed by atoms with Crippen molar-refractivity contribution in [2.75, 3.05) is 20.1 Å². The van der Waals surface area contributed by atoms with Gasteiger partial charge in [-0.05, 0) is 24.5 Å². The average molecular weight is 541 g/mol. The Morgan fingerprint density at radius 3 is 2.64 bits per heavy atom. The maximum absolute atomic E-state index is 13.9. The second-order valence-electron chi connectivity index (χ2n) is 10.5. The molecule has 2 aliphatic rings. The monoisotopic (exact) mass is 540 g/mol. The van der Waals surface area contributed by atoms with Gasteiger partial charge in [0.1, 0.15) is 24.7 Å². The van der Waals surface area contributed by atoms with E-state index in [0.717, 1.165) is 16.5 Å². The molecule has 2 saturated heterocycles. The Morgan fingerprint density at radius 2 is 1.95 bits per heavy atom. The van der Waals surface area contributed by atoms with Gasteiger partial charge in [-0.2, -0.15) is 0 Å². The zero-order valence-electron chi connectivity index (χ0n) is 22.3. The van der Waals surface area contributed by atoms with E-state index in [1.165, 1.54) is 0 Å². The topological polar surface area (TPSA) is 211 Å². The van der Waals surface area contributed by atoms with Crippen LogP contribution in [0.4, 0.5) is 4.79 Å². The number of carbonyl (C=O) groups is 4. The Bertz CT molecular complexity index is 1290. The predicted molar refractivity (Wildman–Crippen MR) is 146 cm³/mol. The molecule has 2 fully saturated rings. The van der Waals surface area contributed by atoms with Crippen LogP contribution in [0.5, 0.6) is 0 Å². The van der Waals surface area contributed by atoms with E-state index in [2.05, 4.69) is 25.9 Å². The highest BCUT2D eigenvalue weighted by Gasteiger charge is 2.72. The fourth-order valence-electron chi connectivity index (χ4n) is 6.05. The summed E-state index contributed by atoms with van der Waals surface area (Å²) in [5.74, 6) is -0.997. The third kappa shape index (κ3) is 5.67. The van der Waals surface area contributed by atoms with Gasteiger partial charge in [0.05, 0.1) is 0 Å². The minimum absolute atomic E-state index is 0.0601. The van der Waals surface area contributed by atoms with Gasteiger partial charge in [0.2, 0.25) is 5.91 Å². The molecule has 0 spiro atoms. The van der Waals surface area contributed by atoms with Crippen molar-refractivity contribution in [3.8, 4) is 0 Å². The Morgan fingerprint density at radius 1 is 1.21 bits per heavy atom. The first kappa shape index (κ1) is 27.9. The zero-order valence-corrected chi connectivity index (χ0v) is 22.3. The van der Waals surface area contributed by atoms with Crippen LogP contribution in [-0.4, -0.2) is 83.5 Å². The number of amides is 5. The van der Waals surface area contributed by atoms with Crippen molar-refractivity contribution in [3.63, 3.8) is 0 Å². The van der Waals surface area contributed by atoms with Gasteiger partial charge in [0.25, 0.3) is 5.91 Å². The lowest BCUT2D eigenvalue weighted by atomic mass is 9.91. The normalized spacial score (nSPS) is 25.8. The molecule has 3 unspecified atom stereocenters. The van der Waals surface area contributed by atoms with Crippen molar-refractivity contribution in [1.29, 1.82) is 0 Å². The number of quaternary nitrogens is 1. The van der Waals surface area contributed by atoms with Gasteiger partial charge in [0.15, 0.2) is 12.0 Å². The van der Waals surface area contributed by atoms with Crippen LogP contribution in [0.15, 0.2) is 35.5 Å². The molecule has 13 heteroatoms. The van der Waals surface area contributed by atoms with E-state index >= 15 is 0 Å². The number of nitrogens with zero attached hydrogens (tertiary/aromatic N) is 2. The van der Waals surface area contributed by atoms with Crippen molar-refractivity contribution in [2.24, 2.45) is 28.1 Å². The highest BCUT2D eigenvalue weighted by Crippen LogP contribution is 2.47. The lowest BCUT2D eigenvalue weighted by molar-refractivity contribution is -0.761. The molecular formula is C26H38N9O4+. The van der Waals surface area contributed by atoms with Crippen molar-refractivity contribution in [1.82, 2.24) is 20.9 Å². The molecule has 0 radical (unpaired) electrons. The largest absolute Gasteiger partial charge is 0.370 e. The fourth-order valence-corrected chi connectivity index (χ4v) is 6.05.